The number of pyridine rings is 1. The molecule has 0 bridgehead atoms. The van der Waals surface area contributed by atoms with Crippen LogP contribution in [0, 0.1) is 0 Å². The largest absolute Gasteiger partial charge is 0.365 e. The molecule has 0 fully saturated rings. The summed E-state index contributed by atoms with van der Waals surface area (Å²) in [7, 11) is 0. The maximum Gasteiger partial charge on any atom is 0.252 e. The van der Waals surface area contributed by atoms with Gasteiger partial charge in [-0.1, -0.05) is 6.07 Å². The Bertz CT molecular complexity index is 344. The van der Waals surface area contributed by atoms with Crippen LogP contribution in [0.2, 0.25) is 0 Å². The molecule has 0 saturated heterocycles. The minimum absolute atomic E-state index is 0.210. The summed E-state index contributed by atoms with van der Waals surface area (Å²) in [5.41, 5.74) is 5.19. The SMILES string of the molecule is NC(=O)/C([C]=O)=C/c1ccccn1. The van der Waals surface area contributed by atoms with Crippen molar-refractivity contribution in [3.05, 3.63) is 35.7 Å². The van der Waals surface area contributed by atoms with Gasteiger partial charge < -0.3 is 5.73 Å². The van der Waals surface area contributed by atoms with Crippen LogP contribution >= 0.6 is 0 Å². The van der Waals surface area contributed by atoms with E-state index in [1.807, 2.05) is 0 Å². The van der Waals surface area contributed by atoms with Crippen molar-refractivity contribution in [2.75, 3.05) is 0 Å². The normalized spacial score (nSPS) is 10.9. The van der Waals surface area contributed by atoms with Gasteiger partial charge in [0.05, 0.1) is 11.3 Å². The highest BCUT2D eigenvalue weighted by molar-refractivity contribution is 6.13. The third-order valence-corrected chi connectivity index (χ3v) is 1.36. The Balaban J connectivity index is 2.98. The van der Waals surface area contributed by atoms with Gasteiger partial charge >= 0.3 is 0 Å². The lowest BCUT2D eigenvalue weighted by atomic mass is 10.2. The van der Waals surface area contributed by atoms with Crippen LogP contribution in [0.3, 0.4) is 0 Å². The Morgan fingerprint density at radius 2 is 2.31 bits per heavy atom. The van der Waals surface area contributed by atoms with E-state index in [2.05, 4.69) is 4.98 Å². The second-order valence-electron chi connectivity index (χ2n) is 2.28. The molecular formula is C9H7N2O2. The third kappa shape index (κ3) is 2.52. The number of carbonyl (C=O) groups excluding carboxylic acids is 2. The second kappa shape index (κ2) is 4.15. The molecule has 4 nitrogen and oxygen atoms in total. The molecule has 1 amide bonds. The molecule has 0 atom stereocenters. The Morgan fingerprint density at radius 1 is 1.54 bits per heavy atom. The van der Waals surface area contributed by atoms with Crippen LogP contribution in [0.4, 0.5) is 0 Å². The van der Waals surface area contributed by atoms with Crippen LogP contribution in [0.15, 0.2) is 30.0 Å². The lowest BCUT2D eigenvalue weighted by molar-refractivity contribution is -0.114. The first-order valence-electron chi connectivity index (χ1n) is 3.54. The Hall–Kier alpha value is -1.97. The van der Waals surface area contributed by atoms with Crippen LogP contribution in [0.5, 0.6) is 0 Å². The van der Waals surface area contributed by atoms with E-state index in [1.165, 1.54) is 12.4 Å². The number of aromatic nitrogens is 1. The fourth-order valence-electron chi connectivity index (χ4n) is 0.760. The Labute approximate surface area is 75.1 Å². The molecule has 0 aliphatic heterocycles. The van der Waals surface area contributed by atoms with E-state index in [0.29, 0.717) is 5.69 Å². The maximum absolute atomic E-state index is 10.6. The number of amides is 1. The lowest BCUT2D eigenvalue weighted by Gasteiger charge is -1.92. The van der Waals surface area contributed by atoms with E-state index in [0.717, 1.165) is 0 Å². The molecular weight excluding hydrogens is 168 g/mol. The predicted octanol–water partition coefficient (Wildman–Crippen LogP) is 0.0600. The first kappa shape index (κ1) is 9.12. The molecule has 65 valence electrons. The molecule has 1 radical (unpaired) electrons. The Morgan fingerprint density at radius 3 is 2.77 bits per heavy atom. The fraction of sp³-hybridized carbons (Fsp3) is 0. The van der Waals surface area contributed by atoms with Crippen LogP contribution in [-0.2, 0) is 9.59 Å². The number of hydrogen-bond donors (Lipinski definition) is 1. The molecule has 1 aromatic heterocycles. The molecule has 1 rings (SSSR count). The van der Waals surface area contributed by atoms with Crippen molar-refractivity contribution in [2.45, 2.75) is 0 Å². The molecule has 0 aromatic carbocycles. The first-order valence-corrected chi connectivity index (χ1v) is 3.54. The molecule has 13 heavy (non-hydrogen) atoms. The number of hydrogen-bond acceptors (Lipinski definition) is 3. The maximum atomic E-state index is 10.6. The van der Waals surface area contributed by atoms with Crippen molar-refractivity contribution in [2.24, 2.45) is 5.73 Å². The van der Waals surface area contributed by atoms with Crippen LogP contribution in [0.25, 0.3) is 6.08 Å². The quantitative estimate of drug-likeness (QED) is 0.401. The zero-order chi connectivity index (χ0) is 9.68. The van der Waals surface area contributed by atoms with Crippen LogP contribution < -0.4 is 5.73 Å². The van der Waals surface area contributed by atoms with Gasteiger partial charge in [-0.3, -0.25) is 14.6 Å². The number of primary amides is 1. The van der Waals surface area contributed by atoms with Crippen molar-refractivity contribution in [1.82, 2.24) is 4.98 Å². The fourth-order valence-corrected chi connectivity index (χ4v) is 0.760. The van der Waals surface area contributed by atoms with Gasteiger partial charge in [-0.05, 0) is 18.2 Å². The summed E-state index contributed by atoms with van der Waals surface area (Å²) < 4.78 is 0. The van der Waals surface area contributed by atoms with E-state index in [1.54, 1.807) is 24.4 Å². The Kier molecular flexibility index (Phi) is 2.92. The summed E-state index contributed by atoms with van der Waals surface area (Å²) >= 11 is 0. The van der Waals surface area contributed by atoms with Gasteiger partial charge in [-0.2, -0.15) is 0 Å². The van der Waals surface area contributed by atoms with Gasteiger partial charge in [0.15, 0.2) is 0 Å². The summed E-state index contributed by atoms with van der Waals surface area (Å²) in [6, 6.07) is 5.12. The zero-order valence-corrected chi connectivity index (χ0v) is 6.73. The van der Waals surface area contributed by atoms with E-state index >= 15 is 0 Å². The lowest BCUT2D eigenvalue weighted by Crippen LogP contribution is -2.14. The zero-order valence-electron chi connectivity index (χ0n) is 6.73. The van der Waals surface area contributed by atoms with Crippen LogP contribution in [-0.4, -0.2) is 17.2 Å². The summed E-state index contributed by atoms with van der Waals surface area (Å²) in [5, 5.41) is 0. The molecule has 1 aromatic rings. The summed E-state index contributed by atoms with van der Waals surface area (Å²) in [6.07, 6.45) is 4.28. The van der Waals surface area contributed by atoms with E-state index < -0.39 is 5.91 Å². The minimum Gasteiger partial charge on any atom is -0.365 e. The van der Waals surface area contributed by atoms with Gasteiger partial charge in [0, 0.05) is 6.20 Å². The van der Waals surface area contributed by atoms with Gasteiger partial charge in [0.1, 0.15) is 0 Å². The predicted molar refractivity (Wildman–Crippen MR) is 47.1 cm³/mol. The van der Waals surface area contributed by atoms with Crippen molar-refractivity contribution in [3.8, 4) is 0 Å². The smallest absolute Gasteiger partial charge is 0.252 e. The topological polar surface area (TPSA) is 73.1 Å². The van der Waals surface area contributed by atoms with Crippen molar-refractivity contribution in [1.29, 1.82) is 0 Å². The van der Waals surface area contributed by atoms with Gasteiger partial charge in [0.25, 0.3) is 5.91 Å². The summed E-state index contributed by atoms with van der Waals surface area (Å²) in [4.78, 5) is 24.7. The molecule has 2 N–H and O–H groups in total. The average molecular weight is 175 g/mol. The molecule has 4 heteroatoms. The molecule has 0 spiro atoms. The highest BCUT2D eigenvalue weighted by atomic mass is 16.2. The number of carbonyl (C=O) groups is 1. The minimum atomic E-state index is -0.805. The van der Waals surface area contributed by atoms with Gasteiger partial charge in [0.2, 0.25) is 6.29 Å². The molecule has 0 unspecified atom stereocenters. The monoisotopic (exact) mass is 175 g/mol. The van der Waals surface area contributed by atoms with Crippen molar-refractivity contribution >= 4 is 18.3 Å². The van der Waals surface area contributed by atoms with E-state index in [4.69, 9.17) is 5.73 Å². The van der Waals surface area contributed by atoms with E-state index in [-0.39, 0.29) is 5.57 Å². The standard InChI is InChI=1S/C9H7N2O2/c10-9(13)7(6-12)5-8-3-1-2-4-11-8/h1-5H,(H2,10,13)/b7-5+. The van der Waals surface area contributed by atoms with Gasteiger partial charge in [-0.25, -0.2) is 0 Å². The first-order chi connectivity index (χ1) is 6.24. The van der Waals surface area contributed by atoms with Crippen molar-refractivity contribution < 1.29 is 9.59 Å². The van der Waals surface area contributed by atoms with E-state index in [9.17, 15) is 9.59 Å². The molecule has 0 aliphatic rings. The van der Waals surface area contributed by atoms with Crippen molar-refractivity contribution in [3.63, 3.8) is 0 Å². The second-order valence-corrected chi connectivity index (χ2v) is 2.28. The number of nitrogens with zero attached hydrogens (tertiary/aromatic N) is 1. The van der Waals surface area contributed by atoms with Gasteiger partial charge in [-0.15, -0.1) is 0 Å². The third-order valence-electron chi connectivity index (χ3n) is 1.36. The summed E-state index contributed by atoms with van der Waals surface area (Å²) in [5.74, 6) is -0.805. The molecule has 0 aliphatic carbocycles. The van der Waals surface area contributed by atoms with Crippen LogP contribution in [0.1, 0.15) is 5.69 Å². The average Bonchev–Trinajstić information content (AvgIpc) is 2.15. The number of nitrogens with two attached hydrogens (primary N) is 1. The number of rotatable bonds is 3. The summed E-state index contributed by atoms with van der Waals surface area (Å²) in [6.45, 7) is 0. The molecule has 1 heterocycles. The highest BCUT2D eigenvalue weighted by Crippen LogP contribution is 2.00. The molecule has 0 saturated carbocycles. The highest BCUT2D eigenvalue weighted by Gasteiger charge is 2.03.